The van der Waals surface area contributed by atoms with Crippen LogP contribution in [0.1, 0.15) is 74.1 Å². The van der Waals surface area contributed by atoms with Gasteiger partial charge in [-0.3, -0.25) is 0 Å². The quantitative estimate of drug-likeness (QED) is 0.359. The topological polar surface area (TPSA) is 0 Å². The Balaban J connectivity index is 5.37. The SMILES string of the molecule is CCCCP(CCCC)C(=C=C=C(C)C)C(C)(C)C. The van der Waals surface area contributed by atoms with Crippen LogP contribution in [0.25, 0.3) is 0 Å². The Morgan fingerprint density at radius 1 is 0.895 bits per heavy atom. The predicted molar refractivity (Wildman–Crippen MR) is 91.3 cm³/mol. The van der Waals surface area contributed by atoms with Gasteiger partial charge in [0.05, 0.1) is 0 Å². The van der Waals surface area contributed by atoms with Crippen LogP contribution in [0.15, 0.2) is 22.3 Å². The Labute approximate surface area is 122 Å². The van der Waals surface area contributed by atoms with E-state index in [2.05, 4.69) is 59.9 Å². The van der Waals surface area contributed by atoms with Crippen LogP contribution < -0.4 is 0 Å². The molecule has 110 valence electrons. The van der Waals surface area contributed by atoms with E-state index >= 15 is 0 Å². The van der Waals surface area contributed by atoms with Gasteiger partial charge < -0.3 is 0 Å². The lowest BCUT2D eigenvalue weighted by Gasteiger charge is -2.29. The fourth-order valence-corrected chi connectivity index (χ4v) is 5.19. The van der Waals surface area contributed by atoms with Crippen molar-refractivity contribution in [3.63, 3.8) is 0 Å². The fraction of sp³-hybridized carbons (Fsp3) is 0.778. The highest BCUT2D eigenvalue weighted by molar-refractivity contribution is 7.62. The van der Waals surface area contributed by atoms with Gasteiger partial charge in [0.15, 0.2) is 0 Å². The van der Waals surface area contributed by atoms with E-state index in [0.717, 1.165) is 0 Å². The van der Waals surface area contributed by atoms with E-state index in [0.29, 0.717) is 0 Å². The number of unbranched alkanes of at least 4 members (excludes halogenated alkanes) is 2. The third-order valence-corrected chi connectivity index (χ3v) is 6.15. The van der Waals surface area contributed by atoms with E-state index in [-0.39, 0.29) is 13.3 Å². The molecular formula is C18H33P. The molecule has 0 atom stereocenters. The second-order valence-electron chi connectivity index (χ2n) is 6.54. The highest BCUT2D eigenvalue weighted by atomic mass is 31.1. The zero-order valence-corrected chi connectivity index (χ0v) is 15.1. The third-order valence-electron chi connectivity index (χ3n) is 3.02. The average molecular weight is 280 g/mol. The smallest absolute Gasteiger partial charge is 0.00895 e. The predicted octanol–water partition coefficient (Wildman–Crippen LogP) is 6.72. The van der Waals surface area contributed by atoms with Gasteiger partial charge in [0.2, 0.25) is 0 Å². The van der Waals surface area contributed by atoms with Crippen molar-refractivity contribution in [1.82, 2.24) is 0 Å². The molecule has 1 heteroatoms. The summed E-state index contributed by atoms with van der Waals surface area (Å²) in [5.74, 6) is 0. The summed E-state index contributed by atoms with van der Waals surface area (Å²) in [4.78, 5) is 0. The van der Waals surface area contributed by atoms with Crippen LogP contribution >= 0.6 is 7.92 Å². The molecule has 0 saturated heterocycles. The fourth-order valence-electron chi connectivity index (χ4n) is 1.96. The Morgan fingerprint density at radius 3 is 1.68 bits per heavy atom. The lowest BCUT2D eigenvalue weighted by molar-refractivity contribution is 0.531. The molecule has 0 aromatic carbocycles. The summed E-state index contributed by atoms with van der Waals surface area (Å²) in [5.41, 5.74) is 8.32. The Morgan fingerprint density at radius 2 is 1.37 bits per heavy atom. The van der Waals surface area contributed by atoms with Gasteiger partial charge in [-0.25, -0.2) is 0 Å². The highest BCUT2D eigenvalue weighted by Crippen LogP contribution is 2.53. The van der Waals surface area contributed by atoms with E-state index in [1.165, 1.54) is 48.9 Å². The molecule has 0 N–H and O–H groups in total. The summed E-state index contributed by atoms with van der Waals surface area (Å²) in [6, 6.07) is 0. The van der Waals surface area contributed by atoms with Crippen LogP contribution in [0.5, 0.6) is 0 Å². The van der Waals surface area contributed by atoms with Crippen LogP contribution in [0.2, 0.25) is 0 Å². The second-order valence-corrected chi connectivity index (χ2v) is 8.96. The van der Waals surface area contributed by atoms with Crippen molar-refractivity contribution in [2.24, 2.45) is 5.41 Å². The van der Waals surface area contributed by atoms with E-state index in [9.17, 15) is 0 Å². The van der Waals surface area contributed by atoms with Gasteiger partial charge in [0.1, 0.15) is 0 Å². The van der Waals surface area contributed by atoms with Crippen LogP contribution in [0, 0.1) is 5.41 Å². The summed E-state index contributed by atoms with van der Waals surface area (Å²) < 4.78 is 0. The van der Waals surface area contributed by atoms with Crippen molar-refractivity contribution in [2.45, 2.75) is 74.1 Å². The molecule has 0 heterocycles. The molecule has 0 nitrogen and oxygen atoms in total. The minimum atomic E-state index is -0.0249. The molecular weight excluding hydrogens is 247 g/mol. The first-order chi connectivity index (χ1) is 8.82. The van der Waals surface area contributed by atoms with Gasteiger partial charge in [-0.1, -0.05) is 66.8 Å². The zero-order valence-electron chi connectivity index (χ0n) is 14.2. The van der Waals surface area contributed by atoms with Crippen LogP contribution in [0.4, 0.5) is 0 Å². The maximum Gasteiger partial charge on any atom is 0.00895 e. The van der Waals surface area contributed by atoms with Gasteiger partial charge in [-0.2, -0.15) is 0 Å². The van der Waals surface area contributed by atoms with E-state index in [1.54, 1.807) is 0 Å². The van der Waals surface area contributed by atoms with Crippen molar-refractivity contribution >= 4 is 7.92 Å². The van der Waals surface area contributed by atoms with Crippen LogP contribution in [0.3, 0.4) is 0 Å². The van der Waals surface area contributed by atoms with Crippen molar-refractivity contribution in [3.05, 3.63) is 22.3 Å². The maximum absolute atomic E-state index is 3.54. The monoisotopic (exact) mass is 280 g/mol. The van der Waals surface area contributed by atoms with Gasteiger partial charge in [0.25, 0.3) is 0 Å². The molecule has 0 fully saturated rings. The summed E-state index contributed by atoms with van der Waals surface area (Å²) in [7, 11) is -0.0249. The van der Waals surface area contributed by atoms with Crippen LogP contribution in [-0.4, -0.2) is 12.3 Å². The molecule has 0 rings (SSSR count). The van der Waals surface area contributed by atoms with Gasteiger partial charge >= 0.3 is 0 Å². The average Bonchev–Trinajstić information content (AvgIpc) is 2.29. The normalized spacial score (nSPS) is 11.2. The standard InChI is InChI=1S/C18H33P/c1-8-10-14-19(15-11-9-2)17(18(5,6)7)13-12-16(3)4/h8-11,14-15H2,1-7H3. The molecule has 0 aliphatic carbocycles. The number of allylic oxidation sites excluding steroid dienone is 2. The summed E-state index contributed by atoms with van der Waals surface area (Å²) in [5, 5.41) is 1.53. The molecule has 0 aromatic rings. The van der Waals surface area contributed by atoms with E-state index < -0.39 is 0 Å². The number of hydrogen-bond donors (Lipinski definition) is 0. The van der Waals surface area contributed by atoms with E-state index in [1.807, 2.05) is 0 Å². The Kier molecular flexibility index (Phi) is 9.47. The number of rotatable bonds is 7. The molecule has 0 unspecified atom stereocenters. The molecule has 0 radical (unpaired) electrons. The first kappa shape index (κ1) is 18.7. The Hall–Kier alpha value is -0.270. The molecule has 0 bridgehead atoms. The first-order valence-electron chi connectivity index (χ1n) is 7.77. The van der Waals surface area contributed by atoms with Gasteiger partial charge in [0, 0.05) is 5.31 Å². The summed E-state index contributed by atoms with van der Waals surface area (Å²) in [6.45, 7) is 15.8. The van der Waals surface area contributed by atoms with Gasteiger partial charge in [-0.15, -0.1) is 0 Å². The van der Waals surface area contributed by atoms with E-state index in [4.69, 9.17) is 0 Å². The molecule has 0 aliphatic rings. The number of hydrogen-bond acceptors (Lipinski definition) is 0. The molecule has 0 aromatic heterocycles. The molecule has 0 amide bonds. The second kappa shape index (κ2) is 9.61. The molecule has 0 aliphatic heterocycles. The minimum Gasteiger partial charge on any atom is -0.0714 e. The summed E-state index contributed by atoms with van der Waals surface area (Å²) in [6.07, 6.45) is 8.05. The van der Waals surface area contributed by atoms with Crippen LogP contribution in [-0.2, 0) is 0 Å². The third kappa shape index (κ3) is 8.49. The lowest BCUT2D eigenvalue weighted by atomic mass is 9.96. The Bertz CT molecular complexity index is 332. The maximum atomic E-state index is 3.54. The minimum absolute atomic E-state index is 0.0249. The molecule has 0 spiro atoms. The molecule has 0 saturated carbocycles. The lowest BCUT2D eigenvalue weighted by Crippen LogP contribution is -2.10. The van der Waals surface area contributed by atoms with Crippen molar-refractivity contribution in [1.29, 1.82) is 0 Å². The molecule has 19 heavy (non-hydrogen) atoms. The first-order valence-corrected chi connectivity index (χ1v) is 9.48. The largest absolute Gasteiger partial charge is 0.0714 e. The zero-order chi connectivity index (χ0) is 14.9. The van der Waals surface area contributed by atoms with Crippen molar-refractivity contribution in [2.75, 3.05) is 12.3 Å². The van der Waals surface area contributed by atoms with Crippen molar-refractivity contribution in [3.8, 4) is 0 Å². The highest BCUT2D eigenvalue weighted by Gasteiger charge is 2.24. The summed E-state index contributed by atoms with van der Waals surface area (Å²) >= 11 is 0. The van der Waals surface area contributed by atoms with Gasteiger partial charge in [-0.05, 0) is 50.0 Å². The van der Waals surface area contributed by atoms with Crippen molar-refractivity contribution < 1.29 is 0 Å².